The Hall–Kier alpha value is -4.75. The second kappa shape index (κ2) is 12.0. The lowest BCUT2D eigenvalue weighted by Gasteiger charge is -2.50. The lowest BCUT2D eigenvalue weighted by Crippen LogP contribution is -2.53. The van der Waals surface area contributed by atoms with E-state index in [1.807, 2.05) is 6.08 Å². The maximum absolute atomic E-state index is 15.1. The normalized spacial score (nSPS) is 27.4. The van der Waals surface area contributed by atoms with Crippen molar-refractivity contribution in [1.82, 2.24) is 9.91 Å². The molecule has 4 aliphatic rings. The Morgan fingerprint density at radius 2 is 1.69 bits per heavy atom. The van der Waals surface area contributed by atoms with Crippen LogP contribution in [0, 0.1) is 29.5 Å². The highest BCUT2D eigenvalue weighted by molar-refractivity contribution is 9.10. The number of fused-ring (bicyclic) bond motifs is 4. The molecule has 1 saturated carbocycles. The fourth-order valence-corrected chi connectivity index (χ4v) is 8.80. The predicted molar refractivity (Wildman–Crippen MR) is 176 cm³/mol. The average molecular weight is 753 g/mol. The van der Waals surface area contributed by atoms with Crippen molar-refractivity contribution < 1.29 is 42.9 Å². The number of aromatic hydroxyl groups is 1. The number of carbonyl (C=O) groups is 5. The minimum absolute atomic E-state index is 0.0251. The number of hydrogen-bond donors (Lipinski definition) is 2. The van der Waals surface area contributed by atoms with Crippen LogP contribution in [0.3, 0.4) is 0 Å². The summed E-state index contributed by atoms with van der Waals surface area (Å²) in [4.78, 5) is 70.2. The van der Waals surface area contributed by atoms with Crippen molar-refractivity contribution in [3.8, 4) is 11.5 Å². The number of carbonyl (C=O) groups excluding carboxylic acids is 5. The van der Waals surface area contributed by atoms with Crippen LogP contribution < -0.4 is 10.2 Å². The molecular formula is C35H28BrClFN3O8. The van der Waals surface area contributed by atoms with Gasteiger partial charge in [-0.1, -0.05) is 35.4 Å². The summed E-state index contributed by atoms with van der Waals surface area (Å²) >= 11 is 9.71. The molecule has 0 spiro atoms. The molecule has 3 aromatic carbocycles. The summed E-state index contributed by atoms with van der Waals surface area (Å²) in [7, 11) is 2.45. The first-order valence-corrected chi connectivity index (χ1v) is 16.5. The molecular weight excluding hydrogens is 725 g/mol. The smallest absolute Gasteiger partial charge is 0.423 e. The van der Waals surface area contributed by atoms with Crippen molar-refractivity contribution in [3.05, 3.63) is 98.8 Å². The van der Waals surface area contributed by atoms with Gasteiger partial charge in [-0.15, -0.1) is 0 Å². The predicted octanol–water partition coefficient (Wildman–Crippen LogP) is 5.71. The van der Waals surface area contributed by atoms with Crippen LogP contribution in [0.25, 0.3) is 0 Å². The van der Waals surface area contributed by atoms with Crippen molar-refractivity contribution in [2.45, 2.75) is 24.2 Å². The summed E-state index contributed by atoms with van der Waals surface area (Å²) in [5.74, 6) is -7.96. The Labute approximate surface area is 292 Å². The molecule has 11 nitrogen and oxygen atoms in total. The number of hydrazine groups is 1. The number of anilines is 1. The molecule has 14 heteroatoms. The van der Waals surface area contributed by atoms with Crippen molar-refractivity contribution in [1.29, 1.82) is 0 Å². The summed E-state index contributed by atoms with van der Waals surface area (Å²) < 4.78 is 24.3. The van der Waals surface area contributed by atoms with Gasteiger partial charge in [-0.2, -0.15) is 9.91 Å². The van der Waals surface area contributed by atoms with Crippen molar-refractivity contribution in [2.24, 2.45) is 23.7 Å². The van der Waals surface area contributed by atoms with E-state index in [1.54, 1.807) is 36.4 Å². The van der Waals surface area contributed by atoms with Crippen LogP contribution in [0.1, 0.15) is 29.9 Å². The molecule has 49 heavy (non-hydrogen) atoms. The number of amides is 5. The maximum atomic E-state index is 15.1. The van der Waals surface area contributed by atoms with Crippen molar-refractivity contribution in [3.63, 3.8) is 0 Å². The average Bonchev–Trinajstić information content (AvgIpc) is 3.47. The maximum Gasteiger partial charge on any atom is 0.423 e. The van der Waals surface area contributed by atoms with Gasteiger partial charge in [-0.25, -0.2) is 9.18 Å². The quantitative estimate of drug-likeness (QED) is 0.248. The van der Waals surface area contributed by atoms with Crippen LogP contribution in [0.5, 0.6) is 11.5 Å². The van der Waals surface area contributed by atoms with Crippen molar-refractivity contribution in [2.75, 3.05) is 19.6 Å². The summed E-state index contributed by atoms with van der Waals surface area (Å²) in [5.41, 5.74) is 3.07. The molecule has 3 fully saturated rings. The van der Waals surface area contributed by atoms with E-state index < -0.39 is 70.5 Å². The molecule has 2 saturated heterocycles. The van der Waals surface area contributed by atoms with Crippen molar-refractivity contribution >= 4 is 62.9 Å². The van der Waals surface area contributed by atoms with E-state index in [-0.39, 0.29) is 34.5 Å². The van der Waals surface area contributed by atoms with E-state index in [0.717, 1.165) is 12.1 Å². The third-order valence-corrected chi connectivity index (χ3v) is 11.1. The third-order valence-electron chi connectivity index (χ3n) is 10.2. The number of nitrogens with one attached hydrogen (secondary N) is 1. The third kappa shape index (κ3) is 4.77. The van der Waals surface area contributed by atoms with Gasteiger partial charge in [-0.3, -0.25) is 24.6 Å². The Kier molecular flexibility index (Phi) is 8.02. The zero-order chi connectivity index (χ0) is 34.9. The van der Waals surface area contributed by atoms with E-state index >= 15 is 4.79 Å². The molecule has 0 radical (unpaired) electrons. The highest BCUT2D eigenvalue weighted by Crippen LogP contribution is 2.64. The number of halogens is 3. The number of phenols is 1. The second-order valence-electron chi connectivity index (χ2n) is 12.4. The number of methoxy groups -OCH3 is 2. The largest absolute Gasteiger partial charge is 0.503 e. The van der Waals surface area contributed by atoms with E-state index in [9.17, 15) is 28.7 Å². The minimum Gasteiger partial charge on any atom is -0.503 e. The van der Waals surface area contributed by atoms with Gasteiger partial charge < -0.3 is 14.6 Å². The van der Waals surface area contributed by atoms with Gasteiger partial charge in [-0.05, 0) is 94.3 Å². The molecule has 0 bridgehead atoms. The van der Waals surface area contributed by atoms with E-state index in [1.165, 1.54) is 31.4 Å². The van der Waals surface area contributed by atoms with Gasteiger partial charge in [0.05, 0.1) is 47.5 Å². The molecule has 5 amide bonds. The minimum atomic E-state index is -1.64. The number of hydrogen-bond acceptors (Lipinski definition) is 9. The topological polar surface area (TPSA) is 143 Å². The summed E-state index contributed by atoms with van der Waals surface area (Å²) in [6.07, 6.45) is 0.783. The summed E-state index contributed by atoms with van der Waals surface area (Å²) in [6, 6.07) is 15.0. The SMILES string of the molecule is COC(=O)N1C(=O)C2CC=C3C(CC4C(=O)N(Nc5ccc(F)cc5)C(=O)C4(c4ccc(Cl)cc4)C3c3cc(Br)c(O)c(OC)c3)C2C1=O. The summed E-state index contributed by atoms with van der Waals surface area (Å²) in [6.45, 7) is 0. The van der Waals surface area contributed by atoms with Gasteiger partial charge in [0, 0.05) is 10.9 Å². The molecule has 2 aliphatic heterocycles. The Morgan fingerprint density at radius 1 is 1.00 bits per heavy atom. The highest BCUT2D eigenvalue weighted by Gasteiger charge is 2.70. The molecule has 7 rings (SSSR count). The molecule has 6 atom stereocenters. The first-order valence-electron chi connectivity index (χ1n) is 15.3. The highest BCUT2D eigenvalue weighted by atomic mass is 79.9. The molecule has 6 unspecified atom stereocenters. The fraction of sp³-hybridized carbons (Fsp3) is 0.286. The lowest BCUT2D eigenvalue weighted by molar-refractivity contribution is -0.140. The van der Waals surface area contributed by atoms with E-state index in [0.29, 0.717) is 26.6 Å². The van der Waals surface area contributed by atoms with Crippen LogP contribution in [-0.4, -0.2) is 59.0 Å². The lowest BCUT2D eigenvalue weighted by atomic mass is 9.49. The molecule has 0 aromatic heterocycles. The van der Waals surface area contributed by atoms with Crippen LogP contribution >= 0.6 is 27.5 Å². The van der Waals surface area contributed by atoms with Crippen LogP contribution in [0.2, 0.25) is 5.02 Å². The zero-order valence-electron chi connectivity index (χ0n) is 26.0. The molecule has 2 aliphatic carbocycles. The summed E-state index contributed by atoms with van der Waals surface area (Å²) in [5, 5.41) is 12.1. The molecule has 252 valence electrons. The number of phenolic OH excluding ortho intramolecular Hbond substituents is 1. The number of benzene rings is 3. The van der Waals surface area contributed by atoms with Gasteiger partial charge in [0.2, 0.25) is 11.8 Å². The first-order chi connectivity index (χ1) is 23.4. The first kappa shape index (κ1) is 32.8. The number of rotatable bonds is 5. The van der Waals surface area contributed by atoms with Crippen LogP contribution in [-0.2, 0) is 29.3 Å². The Bertz CT molecular complexity index is 1970. The monoisotopic (exact) mass is 751 g/mol. The standard InChI is InChI=1S/C35H28BrClFN3O8/c1-48-26-14-16(13-25(36)29(26)42)28-21-11-12-22-27(32(45)40(30(22)43)34(47)49-2)23(21)15-24-31(44)41(39-20-9-7-19(38)8-10-20)33(46)35(24,28)17-3-5-18(37)6-4-17/h3-11,13-14,22-24,27-28,39,42H,12,15H2,1-2H3. The van der Waals surface area contributed by atoms with E-state index in [4.69, 9.17) is 21.1 Å². The van der Waals surface area contributed by atoms with Gasteiger partial charge >= 0.3 is 6.09 Å². The number of likely N-dealkylation sites (tertiary alicyclic amines) is 1. The van der Waals surface area contributed by atoms with Gasteiger partial charge in [0.15, 0.2) is 11.5 Å². The Morgan fingerprint density at radius 3 is 2.35 bits per heavy atom. The molecule has 3 aromatic rings. The molecule has 2 N–H and O–H groups in total. The van der Waals surface area contributed by atoms with Crippen LogP contribution in [0.15, 0.2) is 76.8 Å². The number of imide groups is 4. The number of ether oxygens (including phenoxy) is 2. The molecule has 2 heterocycles. The fourth-order valence-electron chi connectivity index (χ4n) is 8.22. The zero-order valence-corrected chi connectivity index (χ0v) is 28.3. The van der Waals surface area contributed by atoms with Crippen LogP contribution in [0.4, 0.5) is 14.9 Å². The van der Waals surface area contributed by atoms with Gasteiger partial charge in [0.1, 0.15) is 5.82 Å². The number of allylic oxidation sites excluding steroid dienone is 2. The van der Waals surface area contributed by atoms with Gasteiger partial charge in [0.25, 0.3) is 11.8 Å². The van der Waals surface area contributed by atoms with E-state index in [2.05, 4.69) is 21.4 Å². The number of nitrogens with zero attached hydrogens (tertiary/aromatic N) is 2. The Balaban J connectivity index is 1.48. The second-order valence-corrected chi connectivity index (χ2v) is 13.7.